The number of nitrogens with zero attached hydrogens (tertiary/aromatic N) is 2. The van der Waals surface area contributed by atoms with Gasteiger partial charge in [0.15, 0.2) is 6.10 Å². The van der Waals surface area contributed by atoms with E-state index in [1.165, 1.54) is 19.1 Å². The van der Waals surface area contributed by atoms with Gasteiger partial charge in [-0.15, -0.1) is 0 Å². The molecule has 2 saturated heterocycles. The van der Waals surface area contributed by atoms with E-state index < -0.39 is 24.0 Å². The van der Waals surface area contributed by atoms with E-state index in [1.54, 1.807) is 13.8 Å². The molecule has 10 nitrogen and oxygen atoms in total. The molecule has 0 bridgehead atoms. The fourth-order valence-corrected chi connectivity index (χ4v) is 6.39. The van der Waals surface area contributed by atoms with E-state index >= 15 is 0 Å². The van der Waals surface area contributed by atoms with Gasteiger partial charge < -0.3 is 23.7 Å². The minimum atomic E-state index is -0.990. The standard InChI is InChI=1S/C33H56N2O8/c1-22(41-25-16-30(4,5)34(12)31(6,7)17-25)14-28(37)40-21-27(20-39-24(3)36)43-29(38)15-23(2)42-26-18-32(8,9)35(13)33(10,11)19-26/h14-15,25-27H,16-21H2,1-13H3/b22-14-,23-15-. The average Bonchev–Trinajstić information content (AvgIpc) is 2.81. The first-order valence-electron chi connectivity index (χ1n) is 15.2. The van der Waals surface area contributed by atoms with Crippen molar-refractivity contribution in [3.63, 3.8) is 0 Å². The van der Waals surface area contributed by atoms with Crippen LogP contribution in [0.2, 0.25) is 0 Å². The molecule has 0 aromatic rings. The maximum Gasteiger partial charge on any atom is 0.334 e. The molecule has 0 aliphatic carbocycles. The Hall–Kier alpha value is -2.59. The van der Waals surface area contributed by atoms with Crippen molar-refractivity contribution in [1.82, 2.24) is 9.80 Å². The van der Waals surface area contributed by atoms with E-state index in [-0.39, 0.29) is 47.6 Å². The van der Waals surface area contributed by atoms with Crippen LogP contribution >= 0.6 is 0 Å². The number of piperidine rings is 2. The summed E-state index contributed by atoms with van der Waals surface area (Å²) < 4.78 is 28.1. The third kappa shape index (κ3) is 10.8. The summed E-state index contributed by atoms with van der Waals surface area (Å²) in [5, 5.41) is 0. The summed E-state index contributed by atoms with van der Waals surface area (Å²) in [7, 11) is 4.24. The molecule has 0 aromatic heterocycles. The fraction of sp³-hybridized carbons (Fsp3) is 0.788. The Bertz CT molecular complexity index is 1040. The Labute approximate surface area is 259 Å². The van der Waals surface area contributed by atoms with Crippen LogP contribution in [-0.4, -0.2) is 95.5 Å². The van der Waals surface area contributed by atoms with Crippen molar-refractivity contribution >= 4 is 17.9 Å². The molecule has 43 heavy (non-hydrogen) atoms. The lowest BCUT2D eigenvalue weighted by Gasteiger charge is -2.53. The second kappa shape index (κ2) is 14.0. The smallest absolute Gasteiger partial charge is 0.334 e. The van der Waals surface area contributed by atoms with Crippen LogP contribution in [0.3, 0.4) is 0 Å². The maximum atomic E-state index is 12.7. The van der Waals surface area contributed by atoms with Crippen LogP contribution in [0.4, 0.5) is 0 Å². The molecule has 1 unspecified atom stereocenters. The lowest BCUT2D eigenvalue weighted by Crippen LogP contribution is -2.60. The Kier molecular flexibility index (Phi) is 11.9. The number of esters is 3. The first-order chi connectivity index (χ1) is 19.5. The van der Waals surface area contributed by atoms with Gasteiger partial charge in [0.2, 0.25) is 0 Å². The molecule has 0 N–H and O–H groups in total. The minimum absolute atomic E-state index is 0.0492. The molecule has 2 rings (SSSR count). The largest absolute Gasteiger partial charge is 0.495 e. The second-order valence-corrected chi connectivity index (χ2v) is 14.7. The van der Waals surface area contributed by atoms with Gasteiger partial charge in [0.05, 0.1) is 12.2 Å². The number of allylic oxidation sites excluding steroid dienone is 2. The molecule has 2 aliphatic rings. The van der Waals surface area contributed by atoms with Crippen molar-refractivity contribution in [2.24, 2.45) is 0 Å². The molecule has 2 aliphatic heterocycles. The molecule has 2 fully saturated rings. The van der Waals surface area contributed by atoms with E-state index in [1.807, 2.05) is 0 Å². The Morgan fingerprint density at radius 2 is 1.00 bits per heavy atom. The van der Waals surface area contributed by atoms with E-state index in [0.29, 0.717) is 11.5 Å². The fourth-order valence-electron chi connectivity index (χ4n) is 6.39. The molecule has 0 saturated carbocycles. The topological polar surface area (TPSA) is 104 Å². The third-order valence-corrected chi connectivity index (χ3v) is 9.05. The maximum absolute atomic E-state index is 12.7. The first-order valence-corrected chi connectivity index (χ1v) is 15.2. The minimum Gasteiger partial charge on any atom is -0.495 e. The number of hydrogen-bond acceptors (Lipinski definition) is 10. The van der Waals surface area contributed by atoms with Gasteiger partial charge in [-0.2, -0.15) is 0 Å². The molecule has 0 amide bonds. The lowest BCUT2D eigenvalue weighted by molar-refractivity contribution is -0.161. The molecule has 246 valence electrons. The van der Waals surface area contributed by atoms with E-state index in [4.69, 9.17) is 23.7 Å². The predicted molar refractivity (Wildman–Crippen MR) is 165 cm³/mol. The van der Waals surface area contributed by atoms with Crippen LogP contribution in [0.5, 0.6) is 0 Å². The first kappa shape index (κ1) is 36.6. The van der Waals surface area contributed by atoms with Crippen LogP contribution in [0.1, 0.15) is 102 Å². The molecule has 0 aromatic carbocycles. The van der Waals surface area contributed by atoms with Crippen LogP contribution in [0, 0.1) is 0 Å². The zero-order chi connectivity index (χ0) is 33.0. The summed E-state index contributed by atoms with van der Waals surface area (Å²) in [6.07, 6.45) is 4.70. The van der Waals surface area contributed by atoms with Gasteiger partial charge in [-0.25, -0.2) is 9.59 Å². The van der Waals surface area contributed by atoms with Crippen LogP contribution in [-0.2, 0) is 38.1 Å². The Balaban J connectivity index is 1.97. The highest BCUT2D eigenvalue weighted by Crippen LogP contribution is 2.39. The normalized spacial score (nSPS) is 23.7. The highest BCUT2D eigenvalue weighted by Gasteiger charge is 2.45. The van der Waals surface area contributed by atoms with Crippen LogP contribution in [0.25, 0.3) is 0 Å². The second-order valence-electron chi connectivity index (χ2n) is 14.7. The summed E-state index contributed by atoms with van der Waals surface area (Å²) >= 11 is 0. The van der Waals surface area contributed by atoms with Crippen LogP contribution < -0.4 is 0 Å². The Morgan fingerprint density at radius 1 is 0.651 bits per heavy atom. The number of likely N-dealkylation sites (tertiary alicyclic amines) is 2. The summed E-state index contributed by atoms with van der Waals surface area (Å²) in [4.78, 5) is 41.4. The number of rotatable bonds is 11. The van der Waals surface area contributed by atoms with Crippen molar-refractivity contribution in [1.29, 1.82) is 0 Å². The van der Waals surface area contributed by atoms with Gasteiger partial charge in [-0.05, 0) is 83.3 Å². The molecular weight excluding hydrogens is 552 g/mol. The lowest BCUT2D eigenvalue weighted by atomic mass is 9.78. The van der Waals surface area contributed by atoms with E-state index in [0.717, 1.165) is 25.7 Å². The zero-order valence-electron chi connectivity index (χ0n) is 28.8. The summed E-state index contributed by atoms with van der Waals surface area (Å²) in [5.41, 5.74) is -0.243. The van der Waals surface area contributed by atoms with Gasteiger partial charge in [0, 0.05) is 54.8 Å². The summed E-state index contributed by atoms with van der Waals surface area (Å²) in [6, 6.07) is 0. The molecular formula is C33H56N2O8. The molecule has 1 atom stereocenters. The third-order valence-electron chi connectivity index (χ3n) is 9.05. The number of hydrogen-bond donors (Lipinski definition) is 0. The SMILES string of the molecule is CC(=O)OCC(COC(=O)/C=C(/C)OC1CC(C)(C)N(C)C(C)(C)C1)OC(=O)/C=C(/C)OC1CC(C)(C)N(C)C(C)(C)C1. The summed E-state index contributed by atoms with van der Waals surface area (Å²) in [6.45, 7) is 21.6. The monoisotopic (exact) mass is 608 g/mol. The molecule has 0 radical (unpaired) electrons. The predicted octanol–water partition coefficient (Wildman–Crippen LogP) is 5.15. The highest BCUT2D eigenvalue weighted by molar-refractivity contribution is 5.83. The van der Waals surface area contributed by atoms with Gasteiger partial charge >= 0.3 is 17.9 Å². The van der Waals surface area contributed by atoms with Crippen molar-refractivity contribution in [2.75, 3.05) is 27.3 Å². The van der Waals surface area contributed by atoms with Gasteiger partial charge in [-0.1, -0.05) is 0 Å². The molecule has 0 spiro atoms. The molecule has 2 heterocycles. The average molecular weight is 609 g/mol. The van der Waals surface area contributed by atoms with Crippen LogP contribution in [0.15, 0.2) is 23.7 Å². The van der Waals surface area contributed by atoms with Crippen molar-refractivity contribution in [3.05, 3.63) is 23.7 Å². The number of carbonyl (C=O) groups is 3. The summed E-state index contributed by atoms with van der Waals surface area (Å²) in [5.74, 6) is -1.00. The number of ether oxygens (including phenoxy) is 5. The van der Waals surface area contributed by atoms with E-state index in [9.17, 15) is 14.4 Å². The van der Waals surface area contributed by atoms with Gasteiger partial charge in [0.25, 0.3) is 0 Å². The highest BCUT2D eigenvalue weighted by atomic mass is 16.6. The molecule has 10 heteroatoms. The van der Waals surface area contributed by atoms with Crippen molar-refractivity contribution in [2.45, 2.75) is 142 Å². The van der Waals surface area contributed by atoms with Crippen molar-refractivity contribution < 1.29 is 38.1 Å². The van der Waals surface area contributed by atoms with E-state index in [2.05, 4.69) is 79.3 Å². The van der Waals surface area contributed by atoms with Crippen molar-refractivity contribution in [3.8, 4) is 0 Å². The van der Waals surface area contributed by atoms with Gasteiger partial charge in [0.1, 0.15) is 36.9 Å². The zero-order valence-corrected chi connectivity index (χ0v) is 28.8. The Morgan fingerprint density at radius 3 is 1.37 bits per heavy atom. The number of carbonyl (C=O) groups excluding carboxylic acids is 3. The van der Waals surface area contributed by atoms with Gasteiger partial charge in [-0.3, -0.25) is 14.6 Å². The quantitative estimate of drug-likeness (QED) is 0.135.